The van der Waals surface area contributed by atoms with Gasteiger partial charge in [-0.2, -0.15) is 0 Å². The second-order valence-electron chi connectivity index (χ2n) is 6.51. The van der Waals surface area contributed by atoms with E-state index in [4.69, 9.17) is 0 Å². The molecule has 3 heteroatoms. The Bertz CT molecular complexity index is 245. The molecule has 1 N–H and O–H groups in total. The molecule has 2 unspecified atom stereocenters. The summed E-state index contributed by atoms with van der Waals surface area (Å²) in [4.78, 5) is 0. The molecule has 0 bridgehead atoms. The minimum absolute atomic E-state index is 0.328. The van der Waals surface area contributed by atoms with E-state index in [1.54, 1.807) is 0 Å². The molecule has 0 heterocycles. The average molecular weight is 302 g/mol. The van der Waals surface area contributed by atoms with Crippen LogP contribution in [0, 0.1) is 0 Å². The molecule has 1 rings (SSSR count). The van der Waals surface area contributed by atoms with Gasteiger partial charge >= 0.3 is 0 Å². The fourth-order valence-corrected chi connectivity index (χ4v) is 3.47. The van der Waals surface area contributed by atoms with Crippen molar-refractivity contribution >= 4 is 10.8 Å². The van der Waals surface area contributed by atoms with Crippen LogP contribution in [0.3, 0.4) is 0 Å². The Morgan fingerprint density at radius 1 is 0.950 bits per heavy atom. The minimum Gasteiger partial charge on any atom is -0.314 e. The predicted molar refractivity (Wildman–Crippen MR) is 90.7 cm³/mol. The number of nitrogens with one attached hydrogen (secondary N) is 1. The summed E-state index contributed by atoms with van der Waals surface area (Å²) in [6.07, 6.45) is 18.3. The van der Waals surface area contributed by atoms with Gasteiger partial charge < -0.3 is 5.32 Å². The van der Waals surface area contributed by atoms with Gasteiger partial charge in [0.05, 0.1) is 0 Å². The molecule has 20 heavy (non-hydrogen) atoms. The van der Waals surface area contributed by atoms with Gasteiger partial charge in [-0.1, -0.05) is 64.7 Å². The zero-order valence-corrected chi connectivity index (χ0v) is 14.5. The Morgan fingerprint density at radius 2 is 1.40 bits per heavy atom. The van der Waals surface area contributed by atoms with E-state index < -0.39 is 10.8 Å². The molecule has 0 radical (unpaired) electrons. The molecule has 0 aromatic carbocycles. The molecule has 1 fully saturated rings. The van der Waals surface area contributed by atoms with Crippen molar-refractivity contribution in [3.63, 3.8) is 0 Å². The minimum atomic E-state index is -0.672. The molecular formula is C17H35NOS. The van der Waals surface area contributed by atoms with Crippen LogP contribution in [0.5, 0.6) is 0 Å². The average Bonchev–Trinajstić information content (AvgIpc) is 2.41. The zero-order chi connectivity index (χ0) is 14.6. The van der Waals surface area contributed by atoms with Gasteiger partial charge in [0.2, 0.25) is 0 Å². The number of rotatable bonds is 5. The Balaban J connectivity index is 2.22. The molecule has 0 aromatic rings. The van der Waals surface area contributed by atoms with Crippen LogP contribution >= 0.6 is 0 Å². The summed E-state index contributed by atoms with van der Waals surface area (Å²) in [6, 6.07) is 0.701. The summed E-state index contributed by atoms with van der Waals surface area (Å²) in [6.45, 7) is 3.13. The van der Waals surface area contributed by atoms with Gasteiger partial charge in [-0.25, -0.2) is 0 Å². The molecule has 0 amide bonds. The molecule has 120 valence electrons. The molecule has 2 nitrogen and oxygen atoms in total. The Morgan fingerprint density at radius 3 is 1.85 bits per heavy atom. The normalized spacial score (nSPS) is 23.5. The van der Waals surface area contributed by atoms with Crippen LogP contribution in [0.2, 0.25) is 0 Å². The van der Waals surface area contributed by atoms with Crippen LogP contribution in [0.15, 0.2) is 0 Å². The molecule has 1 aliphatic carbocycles. The van der Waals surface area contributed by atoms with E-state index >= 15 is 0 Å². The summed E-state index contributed by atoms with van der Waals surface area (Å²) in [5.41, 5.74) is 0. The molecule has 1 saturated carbocycles. The van der Waals surface area contributed by atoms with E-state index in [9.17, 15) is 4.21 Å². The standard InChI is InChI=1S/C17H35NOS/c1-16(20(2)19)14-15-18-17-12-10-8-6-4-3-5-7-9-11-13-17/h16-18H,3-15H2,1-2H3. The smallest absolute Gasteiger partial charge is 0.0329 e. The van der Waals surface area contributed by atoms with Crippen LogP contribution in [0.25, 0.3) is 0 Å². The highest BCUT2D eigenvalue weighted by Gasteiger charge is 2.11. The van der Waals surface area contributed by atoms with Crippen LogP contribution in [-0.2, 0) is 10.8 Å². The van der Waals surface area contributed by atoms with Crippen molar-refractivity contribution in [3.05, 3.63) is 0 Å². The summed E-state index contributed by atoms with van der Waals surface area (Å²) >= 11 is 0. The van der Waals surface area contributed by atoms with E-state index in [1.165, 1.54) is 70.6 Å². The second kappa shape index (κ2) is 11.7. The lowest BCUT2D eigenvalue weighted by Gasteiger charge is -2.20. The van der Waals surface area contributed by atoms with Crippen LogP contribution in [-0.4, -0.2) is 28.3 Å². The third kappa shape index (κ3) is 9.12. The summed E-state index contributed by atoms with van der Waals surface area (Å²) in [5, 5.41) is 4.05. The van der Waals surface area contributed by atoms with Crippen molar-refractivity contribution in [2.45, 2.75) is 95.3 Å². The Labute approximate surface area is 128 Å². The highest BCUT2D eigenvalue weighted by atomic mass is 32.2. The van der Waals surface area contributed by atoms with Gasteiger partial charge in [-0.3, -0.25) is 4.21 Å². The van der Waals surface area contributed by atoms with Gasteiger partial charge in [0.25, 0.3) is 0 Å². The maximum atomic E-state index is 11.4. The zero-order valence-electron chi connectivity index (χ0n) is 13.7. The highest BCUT2D eigenvalue weighted by molar-refractivity contribution is 7.84. The molecule has 0 aliphatic heterocycles. The largest absolute Gasteiger partial charge is 0.314 e. The first-order chi connectivity index (χ1) is 9.70. The van der Waals surface area contributed by atoms with Gasteiger partial charge in [0.1, 0.15) is 0 Å². The van der Waals surface area contributed by atoms with Crippen molar-refractivity contribution < 1.29 is 4.21 Å². The first-order valence-electron chi connectivity index (χ1n) is 8.75. The molecule has 0 aromatic heterocycles. The van der Waals surface area contributed by atoms with Crippen molar-refractivity contribution in [2.24, 2.45) is 0 Å². The van der Waals surface area contributed by atoms with Gasteiger partial charge in [0.15, 0.2) is 0 Å². The third-order valence-electron chi connectivity index (χ3n) is 4.66. The lowest BCUT2D eigenvalue weighted by molar-refractivity contribution is 0.402. The van der Waals surface area contributed by atoms with Crippen molar-refractivity contribution in [1.29, 1.82) is 0 Å². The lowest BCUT2D eigenvalue weighted by Crippen LogP contribution is -2.32. The Kier molecular flexibility index (Phi) is 10.7. The lowest BCUT2D eigenvalue weighted by atomic mass is 9.98. The molecule has 1 aliphatic rings. The summed E-state index contributed by atoms with van der Waals surface area (Å²) in [7, 11) is -0.672. The van der Waals surface area contributed by atoms with Gasteiger partial charge in [0, 0.05) is 28.3 Å². The van der Waals surface area contributed by atoms with Gasteiger partial charge in [-0.15, -0.1) is 0 Å². The number of hydrogen-bond acceptors (Lipinski definition) is 2. The summed E-state index contributed by atoms with van der Waals surface area (Å²) < 4.78 is 11.4. The molecular weight excluding hydrogens is 266 g/mol. The van der Waals surface area contributed by atoms with Crippen LogP contribution in [0.4, 0.5) is 0 Å². The second-order valence-corrected chi connectivity index (χ2v) is 8.31. The molecule has 0 saturated heterocycles. The van der Waals surface area contributed by atoms with E-state index in [0.29, 0.717) is 11.3 Å². The highest BCUT2D eigenvalue weighted by Crippen LogP contribution is 2.17. The topological polar surface area (TPSA) is 29.1 Å². The fourth-order valence-electron chi connectivity index (χ4n) is 3.02. The fraction of sp³-hybridized carbons (Fsp3) is 1.00. The maximum absolute atomic E-state index is 11.4. The van der Waals surface area contributed by atoms with Gasteiger partial charge in [-0.05, 0) is 25.8 Å². The first-order valence-corrected chi connectivity index (χ1v) is 10.4. The van der Waals surface area contributed by atoms with E-state index in [0.717, 1.165) is 13.0 Å². The van der Waals surface area contributed by atoms with Crippen molar-refractivity contribution in [3.8, 4) is 0 Å². The quantitative estimate of drug-likeness (QED) is 0.815. The predicted octanol–water partition coefficient (Wildman–Crippen LogP) is 4.41. The Hall–Kier alpha value is 0.110. The summed E-state index contributed by atoms with van der Waals surface area (Å²) in [5.74, 6) is 0. The van der Waals surface area contributed by atoms with Crippen molar-refractivity contribution in [1.82, 2.24) is 5.32 Å². The van der Waals surface area contributed by atoms with E-state index in [2.05, 4.69) is 12.2 Å². The first kappa shape index (κ1) is 18.2. The van der Waals surface area contributed by atoms with Crippen LogP contribution in [0.1, 0.15) is 84.0 Å². The molecule has 2 atom stereocenters. The van der Waals surface area contributed by atoms with Crippen molar-refractivity contribution in [2.75, 3.05) is 12.8 Å². The number of hydrogen-bond donors (Lipinski definition) is 1. The van der Waals surface area contributed by atoms with E-state index in [1.807, 2.05) is 6.26 Å². The maximum Gasteiger partial charge on any atom is 0.0329 e. The van der Waals surface area contributed by atoms with E-state index in [-0.39, 0.29) is 0 Å². The van der Waals surface area contributed by atoms with Crippen LogP contribution < -0.4 is 5.32 Å². The monoisotopic (exact) mass is 301 g/mol. The molecule has 0 spiro atoms. The third-order valence-corrected chi connectivity index (χ3v) is 6.02. The SMILES string of the molecule is CC(CCNC1CCCCCCCCCCC1)S(C)=O.